The molecule has 4 rings (SSSR count). The summed E-state index contributed by atoms with van der Waals surface area (Å²) in [5, 5.41) is 3.94. The number of aromatic nitrogens is 1. The molecule has 38 heavy (non-hydrogen) atoms. The molecule has 0 bridgehead atoms. The van der Waals surface area contributed by atoms with E-state index in [4.69, 9.17) is 16.3 Å². The monoisotopic (exact) mass is 538 g/mol. The van der Waals surface area contributed by atoms with Gasteiger partial charge in [0.05, 0.1) is 6.10 Å². The van der Waals surface area contributed by atoms with E-state index < -0.39 is 0 Å². The number of nitrogens with zero attached hydrogens (tertiary/aromatic N) is 3. The highest BCUT2D eigenvalue weighted by Gasteiger charge is 2.23. The molecule has 0 amide bonds. The van der Waals surface area contributed by atoms with E-state index in [1.54, 1.807) is 30.5 Å². The second-order valence-corrected chi connectivity index (χ2v) is 10.5. The Hall–Kier alpha value is -3.00. The zero-order chi connectivity index (χ0) is 27.1. The van der Waals surface area contributed by atoms with Crippen molar-refractivity contribution in [3.63, 3.8) is 0 Å². The summed E-state index contributed by atoms with van der Waals surface area (Å²) in [6.45, 7) is 10.7. The molecule has 3 aromatic rings. The van der Waals surface area contributed by atoms with Gasteiger partial charge in [-0.2, -0.15) is 0 Å². The lowest BCUT2D eigenvalue weighted by molar-refractivity contribution is 0.0378. The molecule has 6 nitrogen and oxygen atoms in total. The lowest BCUT2D eigenvalue weighted by atomic mass is 10.1. The number of nitrogens with one attached hydrogen (secondary N) is 1. The molecule has 1 atom stereocenters. The average molecular weight is 539 g/mol. The molecule has 1 aliphatic rings. The molecule has 202 valence electrons. The van der Waals surface area contributed by atoms with Crippen LogP contribution in [0.4, 0.5) is 10.2 Å². The molecule has 8 heteroatoms. The topological polar surface area (TPSA) is 57.7 Å². The Bertz CT molecular complexity index is 1190. The molecule has 0 saturated carbocycles. The van der Waals surface area contributed by atoms with Crippen molar-refractivity contribution >= 4 is 23.4 Å². The van der Waals surface area contributed by atoms with Crippen LogP contribution in [-0.2, 0) is 24.2 Å². The number of rotatable bonds is 10. The summed E-state index contributed by atoms with van der Waals surface area (Å²) >= 11 is 6.17. The summed E-state index contributed by atoms with van der Waals surface area (Å²) < 4.78 is 19.5. The van der Waals surface area contributed by atoms with Crippen LogP contribution in [0, 0.1) is 5.82 Å². The van der Waals surface area contributed by atoms with Crippen LogP contribution in [0.5, 0.6) is 0 Å². The van der Waals surface area contributed by atoms with Crippen LogP contribution in [0.15, 0.2) is 60.8 Å². The molecule has 1 fully saturated rings. The number of piperazine rings is 1. The lowest BCUT2D eigenvalue weighted by Crippen LogP contribution is -2.46. The summed E-state index contributed by atoms with van der Waals surface area (Å²) in [4.78, 5) is 21.6. The predicted molar refractivity (Wildman–Crippen MR) is 150 cm³/mol. The number of carbonyl (C=O) groups excluding carboxylic acids is 1. The van der Waals surface area contributed by atoms with Crippen LogP contribution in [0.25, 0.3) is 0 Å². The highest BCUT2D eigenvalue weighted by atomic mass is 35.5. The first kappa shape index (κ1) is 28.0. The third-order valence-electron chi connectivity index (χ3n) is 6.68. The second kappa shape index (κ2) is 13.2. The minimum atomic E-state index is -0.328. The van der Waals surface area contributed by atoms with Gasteiger partial charge in [-0.1, -0.05) is 41.9 Å². The van der Waals surface area contributed by atoms with Gasteiger partial charge in [-0.05, 0) is 62.6 Å². The van der Waals surface area contributed by atoms with Gasteiger partial charge in [0, 0.05) is 62.1 Å². The Balaban J connectivity index is 1.25. The van der Waals surface area contributed by atoms with E-state index in [0.29, 0.717) is 34.9 Å². The number of benzene rings is 2. The van der Waals surface area contributed by atoms with Crippen molar-refractivity contribution < 1.29 is 13.9 Å². The van der Waals surface area contributed by atoms with E-state index in [2.05, 4.69) is 44.4 Å². The van der Waals surface area contributed by atoms with Gasteiger partial charge in [0.1, 0.15) is 17.2 Å². The average Bonchev–Trinajstić information content (AvgIpc) is 2.90. The highest BCUT2D eigenvalue weighted by molar-refractivity contribution is 6.31. The van der Waals surface area contributed by atoms with Crippen LogP contribution < -0.4 is 10.2 Å². The van der Waals surface area contributed by atoms with Crippen LogP contribution in [0.2, 0.25) is 5.02 Å². The summed E-state index contributed by atoms with van der Waals surface area (Å²) in [5.74, 6) is 0.108. The van der Waals surface area contributed by atoms with Crippen molar-refractivity contribution in [3.05, 3.63) is 93.9 Å². The maximum atomic E-state index is 14.1. The molecule has 2 heterocycles. The zero-order valence-corrected chi connectivity index (χ0v) is 23.0. The number of esters is 1. The molecular formula is C30H36ClFN4O2. The fourth-order valence-corrected chi connectivity index (χ4v) is 4.86. The Labute approximate surface area is 229 Å². The van der Waals surface area contributed by atoms with E-state index in [1.165, 1.54) is 17.2 Å². The fourth-order valence-electron chi connectivity index (χ4n) is 4.62. The predicted octanol–water partition coefficient (Wildman–Crippen LogP) is 5.48. The third kappa shape index (κ3) is 7.53. The quantitative estimate of drug-likeness (QED) is 0.345. The molecule has 2 aromatic carbocycles. The molecule has 1 N–H and O–H groups in total. The van der Waals surface area contributed by atoms with Crippen molar-refractivity contribution in [1.29, 1.82) is 0 Å². The van der Waals surface area contributed by atoms with Crippen LogP contribution in [0.3, 0.4) is 0 Å². The molecular weight excluding hydrogens is 503 g/mol. The largest absolute Gasteiger partial charge is 0.459 e. The summed E-state index contributed by atoms with van der Waals surface area (Å²) in [7, 11) is 0. The van der Waals surface area contributed by atoms with Crippen LogP contribution in [-0.4, -0.2) is 54.2 Å². The first-order valence-electron chi connectivity index (χ1n) is 13.2. The normalized spacial score (nSPS) is 15.1. The van der Waals surface area contributed by atoms with Gasteiger partial charge in [-0.3, -0.25) is 4.90 Å². The first-order chi connectivity index (χ1) is 18.3. The molecule has 1 saturated heterocycles. The minimum Gasteiger partial charge on any atom is -0.459 e. The van der Waals surface area contributed by atoms with E-state index in [1.807, 2.05) is 20.8 Å². The smallest absolute Gasteiger partial charge is 0.342 e. The standard InChI is InChI=1S/C30H36ClFN4O2/c1-21(2)38-30(37)25-6-5-13-33-29(25)36-16-14-35(15-17-36)20-24-11-9-23(10-12-24)19-34-22(3)18-26-27(31)7-4-8-28(26)32/h4-13,21-22,34H,14-20H2,1-3H3. The summed E-state index contributed by atoms with van der Waals surface area (Å²) in [5.41, 5.74) is 3.51. The number of ether oxygens (including phenoxy) is 1. The van der Waals surface area contributed by atoms with Gasteiger partial charge in [0.25, 0.3) is 0 Å². The third-order valence-corrected chi connectivity index (χ3v) is 7.03. The van der Waals surface area contributed by atoms with Gasteiger partial charge in [0.15, 0.2) is 0 Å². The summed E-state index contributed by atoms with van der Waals surface area (Å²) in [6, 6.07) is 17.1. The van der Waals surface area contributed by atoms with Gasteiger partial charge < -0.3 is 15.0 Å². The van der Waals surface area contributed by atoms with Gasteiger partial charge in [-0.15, -0.1) is 0 Å². The minimum absolute atomic E-state index is 0.0900. The van der Waals surface area contributed by atoms with Crippen molar-refractivity contribution in [2.45, 2.75) is 52.4 Å². The van der Waals surface area contributed by atoms with E-state index in [-0.39, 0.29) is 23.9 Å². The van der Waals surface area contributed by atoms with Crippen molar-refractivity contribution in [1.82, 2.24) is 15.2 Å². The Morgan fingerprint density at radius 3 is 2.42 bits per heavy atom. The number of hydrogen-bond acceptors (Lipinski definition) is 6. The number of pyridine rings is 1. The molecule has 1 aromatic heterocycles. The van der Waals surface area contributed by atoms with E-state index in [0.717, 1.165) is 32.7 Å². The van der Waals surface area contributed by atoms with Gasteiger partial charge >= 0.3 is 5.97 Å². The maximum Gasteiger partial charge on any atom is 0.342 e. The number of carbonyl (C=O) groups is 1. The SMILES string of the molecule is CC(Cc1c(F)cccc1Cl)NCc1ccc(CN2CCN(c3ncccc3C(=O)OC(C)C)CC2)cc1. The maximum absolute atomic E-state index is 14.1. The van der Waals surface area contributed by atoms with Crippen molar-refractivity contribution in [3.8, 4) is 0 Å². The molecule has 0 aliphatic carbocycles. The Morgan fingerprint density at radius 2 is 1.74 bits per heavy atom. The van der Waals surface area contributed by atoms with Crippen molar-refractivity contribution in [2.24, 2.45) is 0 Å². The second-order valence-electron chi connectivity index (χ2n) is 10.1. The van der Waals surface area contributed by atoms with Gasteiger partial charge in [-0.25, -0.2) is 14.2 Å². The fraction of sp³-hybridized carbons (Fsp3) is 0.400. The van der Waals surface area contributed by atoms with Crippen molar-refractivity contribution in [2.75, 3.05) is 31.1 Å². The van der Waals surface area contributed by atoms with E-state index in [9.17, 15) is 9.18 Å². The molecule has 0 spiro atoms. The molecule has 1 unspecified atom stereocenters. The molecule has 1 aliphatic heterocycles. The van der Waals surface area contributed by atoms with Crippen LogP contribution >= 0.6 is 11.6 Å². The summed E-state index contributed by atoms with van der Waals surface area (Å²) in [6.07, 6.45) is 2.09. The highest BCUT2D eigenvalue weighted by Crippen LogP contribution is 2.22. The Kier molecular flexibility index (Phi) is 9.72. The zero-order valence-electron chi connectivity index (χ0n) is 22.3. The van der Waals surface area contributed by atoms with E-state index >= 15 is 0 Å². The number of anilines is 1. The Morgan fingerprint density at radius 1 is 1.03 bits per heavy atom. The first-order valence-corrected chi connectivity index (χ1v) is 13.6. The van der Waals surface area contributed by atoms with Gasteiger partial charge in [0.2, 0.25) is 0 Å². The lowest BCUT2D eigenvalue weighted by Gasteiger charge is -2.36. The molecule has 0 radical (unpaired) electrons. The van der Waals surface area contributed by atoms with Crippen LogP contribution in [0.1, 0.15) is 47.8 Å². The number of halogens is 2. The number of hydrogen-bond donors (Lipinski definition) is 1.